The van der Waals surface area contributed by atoms with Crippen LogP contribution in [0.4, 0.5) is 0 Å². The summed E-state index contributed by atoms with van der Waals surface area (Å²) in [6, 6.07) is 4.04. The van der Waals surface area contributed by atoms with E-state index in [4.69, 9.17) is 4.18 Å². The van der Waals surface area contributed by atoms with Crippen LogP contribution in [0.3, 0.4) is 0 Å². The Labute approximate surface area is 144 Å². The Morgan fingerprint density at radius 2 is 1.74 bits per heavy atom. The number of Topliss-reactive ketones (excluding diaryl/α,β-unsaturated/α-hetero) is 1. The summed E-state index contributed by atoms with van der Waals surface area (Å²) >= 11 is 1.71. The Bertz CT molecular complexity index is 485. The minimum absolute atomic E-state index is 0.0847. The molecule has 1 aromatic rings. The van der Waals surface area contributed by atoms with Crippen molar-refractivity contribution in [3.63, 3.8) is 0 Å². The first-order chi connectivity index (χ1) is 11.0. The maximum atomic E-state index is 11.7. The van der Waals surface area contributed by atoms with E-state index < -0.39 is 10.1 Å². The fraction of sp³-hybridized carbons (Fsp3) is 0.706. The topological polar surface area (TPSA) is 60.4 Å². The SMILES string of the molecule is CC(=O)CCCCCS(=O)(=O)OC1CCCCC1.c1ccsc1. The molecule has 1 fully saturated rings. The van der Waals surface area contributed by atoms with Gasteiger partial charge in [0, 0.05) is 6.42 Å². The predicted octanol–water partition coefficient (Wildman–Crippen LogP) is 4.56. The molecule has 23 heavy (non-hydrogen) atoms. The van der Waals surface area contributed by atoms with Crippen molar-refractivity contribution < 1.29 is 17.4 Å². The summed E-state index contributed by atoms with van der Waals surface area (Å²) in [6.45, 7) is 1.56. The molecular weight excluding hydrogens is 332 g/mol. The zero-order valence-corrected chi connectivity index (χ0v) is 15.5. The van der Waals surface area contributed by atoms with Crippen LogP contribution in [0.25, 0.3) is 0 Å². The van der Waals surface area contributed by atoms with Gasteiger partial charge in [-0.25, -0.2) is 0 Å². The molecule has 4 nitrogen and oxygen atoms in total. The molecule has 0 N–H and O–H groups in total. The van der Waals surface area contributed by atoms with Gasteiger partial charge < -0.3 is 4.79 Å². The van der Waals surface area contributed by atoms with Gasteiger partial charge in [0.25, 0.3) is 10.1 Å². The highest BCUT2D eigenvalue weighted by molar-refractivity contribution is 7.86. The van der Waals surface area contributed by atoms with E-state index >= 15 is 0 Å². The number of rotatable bonds is 8. The highest BCUT2D eigenvalue weighted by atomic mass is 32.2. The van der Waals surface area contributed by atoms with Crippen molar-refractivity contribution in [2.45, 2.75) is 70.8 Å². The fourth-order valence-corrected chi connectivity index (χ4v) is 4.19. The Kier molecular flexibility index (Phi) is 10.4. The lowest BCUT2D eigenvalue weighted by Crippen LogP contribution is -2.22. The maximum Gasteiger partial charge on any atom is 0.267 e. The highest BCUT2D eigenvalue weighted by Crippen LogP contribution is 2.22. The van der Waals surface area contributed by atoms with Gasteiger partial charge in [0.2, 0.25) is 0 Å². The van der Waals surface area contributed by atoms with Crippen molar-refractivity contribution in [2.75, 3.05) is 5.75 Å². The first kappa shape index (κ1) is 20.3. The van der Waals surface area contributed by atoms with Crippen molar-refractivity contribution in [2.24, 2.45) is 0 Å². The molecule has 2 rings (SSSR count). The molecule has 0 amide bonds. The molecule has 6 heteroatoms. The molecule has 0 atom stereocenters. The van der Waals surface area contributed by atoms with E-state index in [9.17, 15) is 13.2 Å². The lowest BCUT2D eigenvalue weighted by atomic mass is 9.98. The Morgan fingerprint density at radius 3 is 2.26 bits per heavy atom. The average molecular weight is 361 g/mol. The van der Waals surface area contributed by atoms with Gasteiger partial charge in [-0.1, -0.05) is 37.8 Å². The number of ketones is 1. The van der Waals surface area contributed by atoms with E-state index in [1.807, 2.05) is 22.9 Å². The number of unbranched alkanes of at least 4 members (excludes halogenated alkanes) is 2. The van der Waals surface area contributed by atoms with Gasteiger partial charge in [-0.15, -0.1) is 0 Å². The second-order valence-corrected chi connectivity index (χ2v) is 8.46. The van der Waals surface area contributed by atoms with Gasteiger partial charge in [-0.3, -0.25) is 4.18 Å². The van der Waals surface area contributed by atoms with Crippen LogP contribution in [-0.2, 0) is 19.1 Å². The Hall–Kier alpha value is -0.720. The summed E-state index contributed by atoms with van der Waals surface area (Å²) in [6.07, 6.45) is 7.63. The molecule has 0 aromatic carbocycles. The minimum Gasteiger partial charge on any atom is -0.300 e. The van der Waals surface area contributed by atoms with E-state index in [1.54, 1.807) is 18.3 Å². The normalized spacial score (nSPS) is 15.7. The molecule has 1 aromatic heterocycles. The second-order valence-electron chi connectivity index (χ2n) is 5.92. The second kappa shape index (κ2) is 11.8. The van der Waals surface area contributed by atoms with Crippen molar-refractivity contribution in [3.05, 3.63) is 22.9 Å². The van der Waals surface area contributed by atoms with Gasteiger partial charge in [0.1, 0.15) is 5.78 Å². The molecule has 1 aliphatic carbocycles. The quantitative estimate of drug-likeness (QED) is 0.503. The number of hydrogen-bond donors (Lipinski definition) is 0. The molecule has 1 heterocycles. The van der Waals surface area contributed by atoms with Crippen LogP contribution < -0.4 is 0 Å². The third kappa shape index (κ3) is 11.5. The minimum atomic E-state index is -3.37. The van der Waals surface area contributed by atoms with E-state index in [1.165, 1.54) is 6.42 Å². The van der Waals surface area contributed by atoms with Gasteiger partial charge in [-0.05, 0) is 43.4 Å². The van der Waals surface area contributed by atoms with E-state index in [0.29, 0.717) is 12.8 Å². The third-order valence-electron chi connectivity index (χ3n) is 3.68. The monoisotopic (exact) mass is 360 g/mol. The summed E-state index contributed by atoms with van der Waals surface area (Å²) in [5.41, 5.74) is 0. The zero-order chi connectivity index (χ0) is 17.0. The third-order valence-corrected chi connectivity index (χ3v) is 5.67. The molecule has 0 spiro atoms. The fourth-order valence-electron chi connectivity index (χ4n) is 2.47. The van der Waals surface area contributed by atoms with Gasteiger partial charge in [0.15, 0.2) is 0 Å². The smallest absolute Gasteiger partial charge is 0.267 e. The summed E-state index contributed by atoms with van der Waals surface area (Å²) in [5.74, 6) is 0.248. The van der Waals surface area contributed by atoms with Crippen LogP contribution in [0, 0.1) is 0 Å². The number of thiophene rings is 1. The van der Waals surface area contributed by atoms with Crippen molar-refractivity contribution in [1.29, 1.82) is 0 Å². The maximum absolute atomic E-state index is 11.7. The number of carbonyl (C=O) groups is 1. The molecule has 0 bridgehead atoms. The van der Waals surface area contributed by atoms with Crippen molar-refractivity contribution in [1.82, 2.24) is 0 Å². The van der Waals surface area contributed by atoms with E-state index in [0.717, 1.165) is 38.5 Å². The molecule has 0 aliphatic heterocycles. The molecule has 132 valence electrons. The Balaban J connectivity index is 0.000000446. The summed E-state index contributed by atoms with van der Waals surface area (Å²) < 4.78 is 28.6. The highest BCUT2D eigenvalue weighted by Gasteiger charge is 2.21. The predicted molar refractivity (Wildman–Crippen MR) is 95.2 cm³/mol. The lowest BCUT2D eigenvalue weighted by molar-refractivity contribution is -0.117. The zero-order valence-electron chi connectivity index (χ0n) is 13.9. The van der Waals surface area contributed by atoms with Crippen LogP contribution in [0.1, 0.15) is 64.7 Å². The van der Waals surface area contributed by atoms with E-state index in [-0.39, 0.29) is 17.6 Å². The van der Waals surface area contributed by atoms with Crippen LogP contribution in [-0.4, -0.2) is 26.1 Å². The lowest BCUT2D eigenvalue weighted by Gasteiger charge is -2.21. The summed E-state index contributed by atoms with van der Waals surface area (Å²) in [7, 11) is -3.37. The number of hydrogen-bond acceptors (Lipinski definition) is 5. The van der Waals surface area contributed by atoms with E-state index in [2.05, 4.69) is 0 Å². The molecule has 0 saturated heterocycles. The number of carbonyl (C=O) groups excluding carboxylic acids is 1. The summed E-state index contributed by atoms with van der Waals surface area (Å²) in [5, 5.41) is 4.08. The van der Waals surface area contributed by atoms with Gasteiger partial charge in [0.05, 0.1) is 11.9 Å². The first-order valence-electron chi connectivity index (χ1n) is 8.37. The van der Waals surface area contributed by atoms with Crippen molar-refractivity contribution >= 4 is 27.2 Å². The average Bonchev–Trinajstić information content (AvgIpc) is 3.06. The molecule has 0 unspecified atom stereocenters. The van der Waals surface area contributed by atoms with Crippen LogP contribution in [0.2, 0.25) is 0 Å². The van der Waals surface area contributed by atoms with Crippen LogP contribution in [0.5, 0.6) is 0 Å². The van der Waals surface area contributed by atoms with Crippen LogP contribution >= 0.6 is 11.3 Å². The standard InChI is InChI=1S/C13H24O4S.C4H4S/c1-12(14)8-4-3-7-11-18(15,16)17-13-9-5-2-6-10-13;1-2-4-5-3-1/h13H,2-11H2,1H3;1-4H. The summed E-state index contributed by atoms with van der Waals surface area (Å²) in [4.78, 5) is 10.7. The van der Waals surface area contributed by atoms with Gasteiger partial charge >= 0.3 is 0 Å². The molecule has 1 saturated carbocycles. The first-order valence-corrected chi connectivity index (χ1v) is 10.9. The van der Waals surface area contributed by atoms with Crippen LogP contribution in [0.15, 0.2) is 22.9 Å². The Morgan fingerprint density at radius 1 is 1.09 bits per heavy atom. The largest absolute Gasteiger partial charge is 0.300 e. The van der Waals surface area contributed by atoms with Crippen molar-refractivity contribution in [3.8, 4) is 0 Å². The van der Waals surface area contributed by atoms with Gasteiger partial charge in [-0.2, -0.15) is 19.8 Å². The molecule has 0 radical (unpaired) electrons. The molecular formula is C17H28O4S2. The molecule has 1 aliphatic rings.